The molecule has 0 amide bonds. The summed E-state index contributed by atoms with van der Waals surface area (Å²) in [6.07, 6.45) is 1.23. The van der Waals surface area contributed by atoms with E-state index in [-0.39, 0.29) is 28.3 Å². The van der Waals surface area contributed by atoms with E-state index in [2.05, 4.69) is 37.5 Å². The van der Waals surface area contributed by atoms with Crippen LogP contribution in [0.4, 0.5) is 19.1 Å². The zero-order valence-electron chi connectivity index (χ0n) is 16.2. The second-order valence-corrected chi connectivity index (χ2v) is 7.41. The molecule has 30 heavy (non-hydrogen) atoms. The Morgan fingerprint density at radius 1 is 1.23 bits per heavy atom. The van der Waals surface area contributed by atoms with Gasteiger partial charge < -0.3 is 15.6 Å². The van der Waals surface area contributed by atoms with Crippen molar-refractivity contribution in [2.75, 3.05) is 18.4 Å². The average molecular weight is 415 g/mol. The molecule has 3 aromatic heterocycles. The second-order valence-electron chi connectivity index (χ2n) is 7.41. The third-order valence-electron chi connectivity index (χ3n) is 5.47. The van der Waals surface area contributed by atoms with Gasteiger partial charge >= 0.3 is 6.18 Å². The second kappa shape index (κ2) is 7.91. The van der Waals surface area contributed by atoms with Gasteiger partial charge in [0.2, 0.25) is 5.95 Å². The molecule has 0 radical (unpaired) electrons. The summed E-state index contributed by atoms with van der Waals surface area (Å²) in [5.41, 5.74) is 0.243. The topological polar surface area (TPSA) is 102 Å². The third kappa shape index (κ3) is 3.93. The maximum atomic E-state index is 13.1. The van der Waals surface area contributed by atoms with E-state index in [9.17, 15) is 18.4 Å². The van der Waals surface area contributed by atoms with Crippen molar-refractivity contribution in [1.29, 1.82) is 5.26 Å². The third-order valence-corrected chi connectivity index (χ3v) is 5.47. The lowest BCUT2D eigenvalue weighted by Gasteiger charge is -2.28. The summed E-state index contributed by atoms with van der Waals surface area (Å²) in [4.78, 5) is 15.4. The Hall–Kier alpha value is -3.19. The highest BCUT2D eigenvalue weighted by Crippen LogP contribution is 2.34. The Morgan fingerprint density at radius 2 is 2.00 bits per heavy atom. The summed E-state index contributed by atoms with van der Waals surface area (Å²) in [6, 6.07) is 3.16. The van der Waals surface area contributed by atoms with Crippen LogP contribution in [0.2, 0.25) is 0 Å². The fraction of sp³-hybridized carbons (Fsp3) is 0.400. The number of nitrogens with one attached hydrogen (secondary N) is 3. The van der Waals surface area contributed by atoms with E-state index in [0.717, 1.165) is 38.2 Å². The summed E-state index contributed by atoms with van der Waals surface area (Å²) in [6.45, 7) is 3.97. The number of anilines is 1. The lowest BCUT2D eigenvalue weighted by Crippen LogP contribution is -2.36. The van der Waals surface area contributed by atoms with E-state index in [1.54, 1.807) is 0 Å². The van der Waals surface area contributed by atoms with Crippen molar-refractivity contribution in [2.45, 2.75) is 32.0 Å². The van der Waals surface area contributed by atoms with Gasteiger partial charge in [-0.25, -0.2) is 15.0 Å². The van der Waals surface area contributed by atoms with E-state index in [4.69, 9.17) is 0 Å². The van der Waals surface area contributed by atoms with Gasteiger partial charge in [-0.05, 0) is 44.8 Å². The van der Waals surface area contributed by atoms with Crippen LogP contribution in [0.1, 0.15) is 30.9 Å². The van der Waals surface area contributed by atoms with Gasteiger partial charge in [-0.2, -0.15) is 18.4 Å². The smallest absolute Gasteiger partial charge is 0.351 e. The maximum Gasteiger partial charge on any atom is 0.417 e. The first kappa shape index (κ1) is 20.1. The molecule has 3 N–H and O–H groups in total. The zero-order valence-corrected chi connectivity index (χ0v) is 16.2. The van der Waals surface area contributed by atoms with Gasteiger partial charge in [-0.3, -0.25) is 0 Å². The lowest BCUT2D eigenvalue weighted by molar-refractivity contribution is -0.137. The molecule has 0 bridgehead atoms. The average Bonchev–Trinajstić information content (AvgIpc) is 3.17. The number of nitriles is 1. The van der Waals surface area contributed by atoms with E-state index < -0.39 is 11.7 Å². The van der Waals surface area contributed by atoms with Crippen molar-refractivity contribution >= 4 is 17.0 Å². The number of pyridine rings is 1. The molecule has 1 fully saturated rings. The predicted octanol–water partition coefficient (Wildman–Crippen LogP) is 3.71. The van der Waals surface area contributed by atoms with Crippen LogP contribution in [-0.2, 0) is 6.18 Å². The first-order valence-corrected chi connectivity index (χ1v) is 9.66. The Balaban J connectivity index is 1.71. The fourth-order valence-corrected chi connectivity index (χ4v) is 3.76. The summed E-state index contributed by atoms with van der Waals surface area (Å²) >= 11 is 0. The quantitative estimate of drug-likeness (QED) is 0.600. The minimum Gasteiger partial charge on any atom is -0.351 e. The van der Waals surface area contributed by atoms with Crippen LogP contribution in [0.3, 0.4) is 0 Å². The molecule has 10 heteroatoms. The largest absolute Gasteiger partial charge is 0.417 e. The summed E-state index contributed by atoms with van der Waals surface area (Å²) < 4.78 is 39.4. The van der Waals surface area contributed by atoms with E-state index >= 15 is 0 Å². The van der Waals surface area contributed by atoms with Crippen LogP contribution in [0, 0.1) is 17.2 Å². The van der Waals surface area contributed by atoms with Crippen LogP contribution < -0.4 is 10.6 Å². The highest BCUT2D eigenvalue weighted by Gasteiger charge is 2.32. The molecule has 0 saturated carbocycles. The van der Waals surface area contributed by atoms with Gasteiger partial charge in [-0.15, -0.1) is 0 Å². The van der Waals surface area contributed by atoms with Crippen LogP contribution >= 0.6 is 0 Å². The number of nitrogens with zero attached hydrogens (tertiary/aromatic N) is 4. The molecule has 1 atom stereocenters. The molecular formula is C20H20F3N7. The van der Waals surface area contributed by atoms with Gasteiger partial charge in [0.25, 0.3) is 0 Å². The standard InChI is InChI=1S/C20H20F3N7/c1-11(12-2-4-25-5-3-12)29-19-28-8-13(7-24)17(30-19)16-10-27-18-15(16)6-14(9-26-18)20(21,22)23/h6,8-12,25H,2-5H2,1H3,(H,26,27)(H,28,29,30). The monoisotopic (exact) mass is 415 g/mol. The highest BCUT2D eigenvalue weighted by atomic mass is 19.4. The fourth-order valence-electron chi connectivity index (χ4n) is 3.76. The Labute approximate surface area is 170 Å². The molecule has 3 aromatic rings. The number of aromatic amines is 1. The van der Waals surface area contributed by atoms with Gasteiger partial charge in [0.05, 0.1) is 23.0 Å². The SMILES string of the molecule is CC(Nc1ncc(C#N)c(-c2c[nH]c3ncc(C(F)(F)F)cc23)n1)C1CCNCC1. The highest BCUT2D eigenvalue weighted by molar-refractivity contribution is 5.94. The number of fused-ring (bicyclic) bond motifs is 1. The van der Waals surface area contributed by atoms with Crippen molar-refractivity contribution in [2.24, 2.45) is 5.92 Å². The molecular weight excluding hydrogens is 395 g/mol. The van der Waals surface area contributed by atoms with Crippen LogP contribution in [0.15, 0.2) is 24.7 Å². The van der Waals surface area contributed by atoms with E-state index in [1.807, 2.05) is 6.07 Å². The number of hydrogen-bond acceptors (Lipinski definition) is 6. The molecule has 0 aromatic carbocycles. The summed E-state index contributed by atoms with van der Waals surface area (Å²) in [5, 5.41) is 16.3. The molecule has 1 aliphatic heterocycles. The molecule has 0 spiro atoms. The minimum absolute atomic E-state index is 0.120. The van der Waals surface area contributed by atoms with E-state index in [0.29, 0.717) is 17.4 Å². The molecule has 0 aliphatic carbocycles. The number of rotatable bonds is 4. The number of halogens is 3. The predicted molar refractivity (Wildman–Crippen MR) is 106 cm³/mol. The van der Waals surface area contributed by atoms with E-state index in [1.165, 1.54) is 12.4 Å². The Kier molecular flexibility index (Phi) is 5.30. The van der Waals surface area contributed by atoms with Crippen molar-refractivity contribution in [1.82, 2.24) is 25.3 Å². The van der Waals surface area contributed by atoms with Crippen molar-refractivity contribution < 1.29 is 13.2 Å². The van der Waals surface area contributed by atoms with Crippen LogP contribution in [-0.4, -0.2) is 39.1 Å². The Bertz CT molecular complexity index is 1090. The molecule has 7 nitrogen and oxygen atoms in total. The van der Waals surface area contributed by atoms with Gasteiger partial charge in [0.15, 0.2) is 0 Å². The van der Waals surface area contributed by atoms with Gasteiger partial charge in [-0.1, -0.05) is 0 Å². The maximum absolute atomic E-state index is 13.1. The van der Waals surface area contributed by atoms with Crippen molar-refractivity contribution in [3.8, 4) is 17.3 Å². The van der Waals surface area contributed by atoms with Crippen molar-refractivity contribution in [3.05, 3.63) is 35.8 Å². The van der Waals surface area contributed by atoms with Crippen LogP contribution in [0.5, 0.6) is 0 Å². The number of H-pyrrole nitrogens is 1. The molecule has 1 unspecified atom stereocenters. The summed E-state index contributed by atoms with van der Waals surface area (Å²) in [5.74, 6) is 0.796. The molecule has 4 heterocycles. The normalized spacial score (nSPS) is 16.4. The summed E-state index contributed by atoms with van der Waals surface area (Å²) in [7, 11) is 0. The number of piperidine rings is 1. The first-order valence-electron chi connectivity index (χ1n) is 9.66. The first-order chi connectivity index (χ1) is 14.4. The molecule has 156 valence electrons. The van der Waals surface area contributed by atoms with Crippen molar-refractivity contribution in [3.63, 3.8) is 0 Å². The molecule has 1 aliphatic rings. The number of hydrogen-bond donors (Lipinski definition) is 3. The molecule has 1 saturated heterocycles. The zero-order chi connectivity index (χ0) is 21.3. The van der Waals surface area contributed by atoms with Crippen LogP contribution in [0.25, 0.3) is 22.3 Å². The Morgan fingerprint density at radius 3 is 2.70 bits per heavy atom. The van der Waals surface area contributed by atoms with Gasteiger partial charge in [0, 0.05) is 29.4 Å². The number of aromatic nitrogens is 4. The molecule has 4 rings (SSSR count). The minimum atomic E-state index is -4.52. The van der Waals surface area contributed by atoms with Gasteiger partial charge in [0.1, 0.15) is 11.7 Å². The lowest BCUT2D eigenvalue weighted by atomic mass is 9.91. The number of alkyl halides is 3.